The Morgan fingerprint density at radius 2 is 1.86 bits per heavy atom. The van der Waals surface area contributed by atoms with Gasteiger partial charge in [-0.15, -0.1) is 0 Å². The minimum Gasteiger partial charge on any atom is -0.272 e. The fourth-order valence-electron chi connectivity index (χ4n) is 1.84. The summed E-state index contributed by atoms with van der Waals surface area (Å²) in [5.41, 5.74) is -0.945. The van der Waals surface area contributed by atoms with Crippen molar-refractivity contribution in [1.82, 2.24) is 0 Å². The quantitative estimate of drug-likeness (QED) is 0.586. The first kappa shape index (κ1) is 15.1. The van der Waals surface area contributed by atoms with Crippen LogP contribution in [0.5, 0.6) is 0 Å². The van der Waals surface area contributed by atoms with Gasteiger partial charge in [0.25, 0.3) is 5.69 Å². The van der Waals surface area contributed by atoms with Crippen LogP contribution in [0.2, 0.25) is 0 Å². The summed E-state index contributed by atoms with van der Waals surface area (Å²) in [6.45, 7) is -0.211. The first-order chi connectivity index (χ1) is 9.80. The molecular weight excluding hydrogens is 306 g/mol. The number of nitro groups is 2. The molecule has 0 atom stereocenters. The maximum Gasteiger partial charge on any atom is 0.301 e. The first-order valence-electron chi connectivity index (χ1n) is 5.84. The molecule has 0 aromatic heterocycles. The summed E-state index contributed by atoms with van der Waals surface area (Å²) in [6.07, 6.45) is 0. The number of rotatable bonds is 3. The minimum atomic E-state index is -3.26. The molecule has 10 nitrogen and oxygen atoms in total. The molecule has 0 radical (unpaired) electrons. The summed E-state index contributed by atoms with van der Waals surface area (Å²) in [5, 5.41) is 22.8. The third kappa shape index (κ3) is 3.44. The molecule has 1 aliphatic heterocycles. The van der Waals surface area contributed by atoms with Crippen LogP contribution >= 0.6 is 0 Å². The number of nitrogens with zero attached hydrogens (tertiary/aromatic N) is 3. The largest absolute Gasteiger partial charge is 0.301 e. The van der Waals surface area contributed by atoms with Gasteiger partial charge in [-0.2, -0.15) is 0 Å². The van der Waals surface area contributed by atoms with E-state index in [1.54, 1.807) is 0 Å². The van der Waals surface area contributed by atoms with Gasteiger partial charge in [0, 0.05) is 6.07 Å². The number of hydroxylamine groups is 1. The molecule has 1 saturated heterocycles. The Bertz CT molecular complexity index is 688. The van der Waals surface area contributed by atoms with E-state index in [2.05, 4.69) is 0 Å². The average Bonchev–Trinajstić information content (AvgIpc) is 2.59. The number of non-ortho nitro benzene ring substituents is 1. The van der Waals surface area contributed by atoms with Crippen molar-refractivity contribution >= 4 is 26.9 Å². The normalized spacial score (nSPS) is 18.0. The van der Waals surface area contributed by atoms with Crippen molar-refractivity contribution in [2.45, 2.75) is 0 Å². The monoisotopic (exact) mass is 317 g/mol. The Morgan fingerprint density at radius 3 is 2.48 bits per heavy atom. The zero-order valence-electron chi connectivity index (χ0n) is 10.7. The van der Waals surface area contributed by atoms with Gasteiger partial charge in [-0.3, -0.25) is 25.1 Å². The second-order valence-corrected chi connectivity index (χ2v) is 6.58. The van der Waals surface area contributed by atoms with Crippen LogP contribution in [0, 0.1) is 20.2 Å². The zero-order chi connectivity index (χ0) is 15.6. The van der Waals surface area contributed by atoms with Gasteiger partial charge in [0.15, 0.2) is 9.84 Å². The molecule has 1 aliphatic rings. The highest BCUT2D eigenvalue weighted by atomic mass is 32.2. The molecule has 0 bridgehead atoms. The van der Waals surface area contributed by atoms with Crippen LogP contribution < -0.4 is 5.06 Å². The summed E-state index contributed by atoms with van der Waals surface area (Å²) in [4.78, 5) is 25.4. The molecule has 2 rings (SSSR count). The Labute approximate surface area is 119 Å². The first-order valence-corrected chi connectivity index (χ1v) is 7.66. The molecule has 0 aliphatic carbocycles. The van der Waals surface area contributed by atoms with Gasteiger partial charge >= 0.3 is 5.69 Å². The predicted molar refractivity (Wildman–Crippen MR) is 71.7 cm³/mol. The van der Waals surface area contributed by atoms with Gasteiger partial charge in [-0.25, -0.2) is 13.5 Å². The zero-order valence-corrected chi connectivity index (χ0v) is 11.5. The molecule has 11 heteroatoms. The molecule has 0 N–H and O–H groups in total. The standard InChI is InChI=1S/C10H11N3O7S/c14-12(15)8-1-2-9(10(7-8)13(16)17)11-3-5-21(18,19)6-4-20-11/h1-2,7H,3-6H2. The van der Waals surface area contributed by atoms with Crippen LogP contribution in [-0.2, 0) is 14.7 Å². The smallest absolute Gasteiger partial charge is 0.272 e. The lowest BCUT2D eigenvalue weighted by molar-refractivity contribution is -0.393. The van der Waals surface area contributed by atoms with Gasteiger partial charge in [-0.05, 0) is 6.07 Å². The minimum absolute atomic E-state index is 0.0114. The van der Waals surface area contributed by atoms with E-state index in [1.165, 1.54) is 6.07 Å². The lowest BCUT2D eigenvalue weighted by Gasteiger charge is -2.20. The molecule has 114 valence electrons. The number of anilines is 1. The Morgan fingerprint density at radius 1 is 1.14 bits per heavy atom. The van der Waals surface area contributed by atoms with Crippen molar-refractivity contribution in [2.75, 3.05) is 29.7 Å². The van der Waals surface area contributed by atoms with Crippen LogP contribution in [0.1, 0.15) is 0 Å². The van der Waals surface area contributed by atoms with E-state index in [0.717, 1.165) is 17.2 Å². The summed E-state index contributed by atoms with van der Waals surface area (Å²) in [5.74, 6) is -0.384. The van der Waals surface area contributed by atoms with E-state index < -0.39 is 31.1 Å². The second kappa shape index (κ2) is 5.61. The average molecular weight is 317 g/mol. The Hall–Kier alpha value is -2.27. The molecule has 0 saturated carbocycles. The topological polar surface area (TPSA) is 133 Å². The summed E-state index contributed by atoms with van der Waals surface area (Å²) in [7, 11) is -3.26. The van der Waals surface area contributed by atoms with Crippen molar-refractivity contribution in [3.63, 3.8) is 0 Å². The fourth-order valence-corrected chi connectivity index (χ4v) is 2.81. The van der Waals surface area contributed by atoms with E-state index in [9.17, 15) is 28.6 Å². The van der Waals surface area contributed by atoms with E-state index in [4.69, 9.17) is 4.84 Å². The van der Waals surface area contributed by atoms with Crippen LogP contribution in [-0.4, -0.2) is 42.9 Å². The Kier molecular flexibility index (Phi) is 4.04. The summed E-state index contributed by atoms with van der Waals surface area (Å²) < 4.78 is 23.0. The number of benzene rings is 1. The van der Waals surface area contributed by atoms with Crippen LogP contribution in [0.15, 0.2) is 18.2 Å². The van der Waals surface area contributed by atoms with Gasteiger partial charge in [-0.1, -0.05) is 0 Å². The lowest BCUT2D eigenvalue weighted by Crippen LogP contribution is -2.26. The molecular formula is C10H11N3O7S. The van der Waals surface area contributed by atoms with Gasteiger partial charge < -0.3 is 0 Å². The number of nitro benzene ring substituents is 2. The van der Waals surface area contributed by atoms with Crippen molar-refractivity contribution in [2.24, 2.45) is 0 Å². The lowest BCUT2D eigenvalue weighted by atomic mass is 10.2. The fraction of sp³-hybridized carbons (Fsp3) is 0.400. The van der Waals surface area contributed by atoms with Crippen LogP contribution in [0.3, 0.4) is 0 Å². The molecule has 21 heavy (non-hydrogen) atoms. The molecule has 0 spiro atoms. The van der Waals surface area contributed by atoms with E-state index >= 15 is 0 Å². The maximum absolute atomic E-state index is 11.5. The number of hydrogen-bond acceptors (Lipinski definition) is 8. The maximum atomic E-state index is 11.5. The highest BCUT2D eigenvalue weighted by Gasteiger charge is 2.27. The molecule has 1 fully saturated rings. The van der Waals surface area contributed by atoms with Crippen molar-refractivity contribution < 1.29 is 23.1 Å². The second-order valence-electron chi connectivity index (χ2n) is 4.27. The van der Waals surface area contributed by atoms with Crippen LogP contribution in [0.4, 0.5) is 17.1 Å². The van der Waals surface area contributed by atoms with Gasteiger partial charge in [0.2, 0.25) is 0 Å². The van der Waals surface area contributed by atoms with E-state index in [-0.39, 0.29) is 30.3 Å². The molecule has 0 unspecified atom stereocenters. The van der Waals surface area contributed by atoms with E-state index in [0.29, 0.717) is 0 Å². The molecule has 1 aromatic carbocycles. The van der Waals surface area contributed by atoms with Crippen molar-refractivity contribution in [3.8, 4) is 0 Å². The third-order valence-corrected chi connectivity index (χ3v) is 4.48. The number of hydrogen-bond donors (Lipinski definition) is 0. The highest BCUT2D eigenvalue weighted by Crippen LogP contribution is 2.32. The molecule has 1 aromatic rings. The van der Waals surface area contributed by atoms with Crippen molar-refractivity contribution in [3.05, 3.63) is 38.4 Å². The van der Waals surface area contributed by atoms with E-state index in [1.807, 2.05) is 0 Å². The highest BCUT2D eigenvalue weighted by molar-refractivity contribution is 7.91. The number of sulfone groups is 1. The van der Waals surface area contributed by atoms with Crippen molar-refractivity contribution in [1.29, 1.82) is 0 Å². The molecule has 0 amide bonds. The van der Waals surface area contributed by atoms with Gasteiger partial charge in [0.1, 0.15) is 5.69 Å². The van der Waals surface area contributed by atoms with Gasteiger partial charge in [0.05, 0.1) is 40.6 Å². The summed E-state index contributed by atoms with van der Waals surface area (Å²) >= 11 is 0. The SMILES string of the molecule is O=[N+]([O-])c1ccc(N2CCS(=O)(=O)CCO2)c([N+](=O)[O-])c1. The van der Waals surface area contributed by atoms with Crippen LogP contribution in [0.25, 0.3) is 0 Å². The third-order valence-electron chi connectivity index (χ3n) is 2.88. The Balaban J connectivity index is 2.39. The molecule has 1 heterocycles. The summed E-state index contributed by atoms with van der Waals surface area (Å²) in [6, 6.07) is 3.09. The predicted octanol–water partition coefficient (Wildman–Crippen LogP) is 0.669.